The molecule has 0 radical (unpaired) electrons. The van der Waals surface area contributed by atoms with Crippen LogP contribution in [0.25, 0.3) is 0 Å². The van der Waals surface area contributed by atoms with Crippen molar-refractivity contribution in [2.75, 3.05) is 12.4 Å². The highest BCUT2D eigenvalue weighted by Crippen LogP contribution is 2.39. The van der Waals surface area contributed by atoms with E-state index in [0.717, 1.165) is 43.8 Å². The molecule has 0 aromatic carbocycles. The number of hydrogen-bond acceptors (Lipinski definition) is 6. The molecule has 1 N–H and O–H groups in total. The van der Waals surface area contributed by atoms with E-state index in [1.54, 1.807) is 0 Å². The van der Waals surface area contributed by atoms with Gasteiger partial charge in [0.1, 0.15) is 5.54 Å². The Morgan fingerprint density at radius 1 is 1.25 bits per heavy atom. The zero-order chi connectivity index (χ0) is 17.3. The molecule has 2 fully saturated rings. The van der Waals surface area contributed by atoms with E-state index < -0.39 is 5.54 Å². The summed E-state index contributed by atoms with van der Waals surface area (Å²) in [6, 6.07) is 2.23. The fourth-order valence-electron chi connectivity index (χ4n) is 3.15. The lowest BCUT2D eigenvalue weighted by atomic mass is 9.83. The number of carbonyl (C=O) groups excluding carboxylic acids is 2. The van der Waals surface area contributed by atoms with Crippen LogP contribution in [0.5, 0.6) is 0 Å². The zero-order valence-corrected chi connectivity index (χ0v) is 15.7. The molecule has 0 unspecified atom stereocenters. The summed E-state index contributed by atoms with van der Waals surface area (Å²) in [4.78, 5) is 23.6. The molecule has 1 amide bonds. The Morgan fingerprint density at radius 2 is 2.04 bits per heavy atom. The second kappa shape index (κ2) is 10.2. The Hall–Kier alpha value is -0.870. The number of nitriles is 1. The van der Waals surface area contributed by atoms with E-state index in [2.05, 4.69) is 11.4 Å². The fourth-order valence-corrected chi connectivity index (χ4v) is 6.17. The summed E-state index contributed by atoms with van der Waals surface area (Å²) >= 11 is 0. The summed E-state index contributed by atoms with van der Waals surface area (Å²) in [6.45, 7) is -0.280. The maximum atomic E-state index is 11.9. The van der Waals surface area contributed by atoms with E-state index in [1.807, 2.05) is 21.6 Å². The standard InChI is InChI=1S/C17H26N2O3S2/c18-13-17(9-4-1-5-10-17)19-15(20)12-22-16(21)7-3-2-6-14-8-11-23-24-14/h14H,1-12H2,(H,19,20)/t14-/m1/s1. The topological polar surface area (TPSA) is 79.2 Å². The van der Waals surface area contributed by atoms with Crippen LogP contribution in [-0.4, -0.2) is 35.0 Å². The van der Waals surface area contributed by atoms with Gasteiger partial charge in [0.25, 0.3) is 5.91 Å². The van der Waals surface area contributed by atoms with Gasteiger partial charge in [-0.25, -0.2) is 0 Å². The first-order valence-corrected chi connectivity index (χ1v) is 11.2. The molecule has 1 aliphatic heterocycles. The van der Waals surface area contributed by atoms with Gasteiger partial charge in [-0.1, -0.05) is 47.3 Å². The van der Waals surface area contributed by atoms with Crippen molar-refractivity contribution in [1.82, 2.24) is 5.32 Å². The van der Waals surface area contributed by atoms with E-state index in [0.29, 0.717) is 19.3 Å². The van der Waals surface area contributed by atoms with Crippen LogP contribution in [0.1, 0.15) is 64.2 Å². The molecule has 0 bridgehead atoms. The average molecular weight is 371 g/mol. The van der Waals surface area contributed by atoms with Crippen molar-refractivity contribution in [2.24, 2.45) is 0 Å². The Bertz CT molecular complexity index is 467. The van der Waals surface area contributed by atoms with Crippen LogP contribution in [-0.2, 0) is 14.3 Å². The molecular formula is C17H26N2O3S2. The van der Waals surface area contributed by atoms with Crippen molar-refractivity contribution >= 4 is 33.5 Å². The second-order valence-electron chi connectivity index (χ2n) is 6.54. The van der Waals surface area contributed by atoms with Crippen LogP contribution >= 0.6 is 21.6 Å². The third-order valence-electron chi connectivity index (χ3n) is 4.55. The molecule has 2 aliphatic rings. The first-order chi connectivity index (χ1) is 11.6. The van der Waals surface area contributed by atoms with Gasteiger partial charge in [0.2, 0.25) is 0 Å². The Morgan fingerprint density at radius 3 is 2.71 bits per heavy atom. The number of ether oxygens (including phenoxy) is 1. The highest BCUT2D eigenvalue weighted by Gasteiger charge is 2.33. The highest BCUT2D eigenvalue weighted by molar-refractivity contribution is 8.77. The predicted octanol–water partition coefficient (Wildman–Crippen LogP) is 3.59. The van der Waals surface area contributed by atoms with Gasteiger partial charge in [0.05, 0.1) is 6.07 Å². The minimum atomic E-state index is -0.765. The third kappa shape index (κ3) is 6.56. The van der Waals surface area contributed by atoms with Crippen molar-refractivity contribution in [3.05, 3.63) is 0 Å². The van der Waals surface area contributed by atoms with Crippen LogP contribution in [0.3, 0.4) is 0 Å². The Kier molecular flexibility index (Phi) is 8.26. The first kappa shape index (κ1) is 19.5. The molecule has 1 saturated heterocycles. The van der Waals surface area contributed by atoms with Gasteiger partial charge in [-0.3, -0.25) is 9.59 Å². The molecule has 1 heterocycles. The molecule has 24 heavy (non-hydrogen) atoms. The summed E-state index contributed by atoms with van der Waals surface area (Å²) in [7, 11) is 3.89. The van der Waals surface area contributed by atoms with Crippen molar-refractivity contribution in [3.63, 3.8) is 0 Å². The molecule has 1 aliphatic carbocycles. The number of carbonyl (C=O) groups is 2. The lowest BCUT2D eigenvalue weighted by Gasteiger charge is -2.31. The molecular weight excluding hydrogens is 344 g/mol. The van der Waals surface area contributed by atoms with Crippen LogP contribution in [0.4, 0.5) is 0 Å². The molecule has 1 atom stereocenters. The molecule has 134 valence electrons. The van der Waals surface area contributed by atoms with Gasteiger partial charge in [0.15, 0.2) is 6.61 Å². The molecule has 0 aromatic heterocycles. The second-order valence-corrected chi connectivity index (χ2v) is 9.33. The number of nitrogens with one attached hydrogen (secondary N) is 1. The summed E-state index contributed by atoms with van der Waals surface area (Å²) in [5.41, 5.74) is -0.765. The molecule has 0 aromatic rings. The van der Waals surface area contributed by atoms with Crippen LogP contribution < -0.4 is 5.32 Å². The minimum absolute atomic E-state index is 0.280. The summed E-state index contributed by atoms with van der Waals surface area (Å²) in [5, 5.41) is 12.8. The van der Waals surface area contributed by atoms with E-state index in [1.165, 1.54) is 12.2 Å². The van der Waals surface area contributed by atoms with Gasteiger partial charge >= 0.3 is 5.97 Å². The van der Waals surface area contributed by atoms with E-state index >= 15 is 0 Å². The summed E-state index contributed by atoms with van der Waals surface area (Å²) < 4.78 is 5.04. The third-order valence-corrected chi connectivity index (χ3v) is 7.56. The van der Waals surface area contributed by atoms with Crippen molar-refractivity contribution < 1.29 is 14.3 Å². The van der Waals surface area contributed by atoms with Gasteiger partial charge in [-0.15, -0.1) is 0 Å². The predicted molar refractivity (Wildman–Crippen MR) is 97.5 cm³/mol. The summed E-state index contributed by atoms with van der Waals surface area (Å²) in [5.74, 6) is 0.538. The normalized spacial score (nSPS) is 22.5. The molecule has 5 nitrogen and oxygen atoms in total. The minimum Gasteiger partial charge on any atom is -0.456 e. The number of amides is 1. The number of nitrogens with zero attached hydrogens (tertiary/aromatic N) is 1. The lowest BCUT2D eigenvalue weighted by Crippen LogP contribution is -2.50. The molecule has 1 saturated carbocycles. The van der Waals surface area contributed by atoms with Gasteiger partial charge in [-0.05, 0) is 32.1 Å². The number of esters is 1. The largest absolute Gasteiger partial charge is 0.456 e. The van der Waals surface area contributed by atoms with E-state index in [-0.39, 0.29) is 18.5 Å². The van der Waals surface area contributed by atoms with Crippen molar-refractivity contribution in [1.29, 1.82) is 5.26 Å². The van der Waals surface area contributed by atoms with Gasteiger partial charge in [0, 0.05) is 17.4 Å². The van der Waals surface area contributed by atoms with E-state index in [4.69, 9.17) is 4.74 Å². The average Bonchev–Trinajstić information content (AvgIpc) is 3.11. The lowest BCUT2D eigenvalue weighted by molar-refractivity contribution is -0.149. The molecule has 2 rings (SSSR count). The quantitative estimate of drug-likeness (QED) is 0.400. The molecule has 7 heteroatoms. The Balaban J connectivity index is 1.57. The van der Waals surface area contributed by atoms with Crippen molar-refractivity contribution in [3.8, 4) is 6.07 Å². The maximum Gasteiger partial charge on any atom is 0.306 e. The smallest absolute Gasteiger partial charge is 0.306 e. The van der Waals surface area contributed by atoms with Crippen LogP contribution in [0, 0.1) is 11.3 Å². The van der Waals surface area contributed by atoms with Gasteiger partial charge < -0.3 is 10.1 Å². The van der Waals surface area contributed by atoms with Crippen LogP contribution in [0.15, 0.2) is 0 Å². The molecule has 0 spiro atoms. The maximum absolute atomic E-state index is 11.9. The number of unbranched alkanes of at least 4 members (excludes halogenated alkanes) is 1. The number of hydrogen-bond donors (Lipinski definition) is 1. The highest BCUT2D eigenvalue weighted by atomic mass is 33.1. The summed E-state index contributed by atoms with van der Waals surface area (Å²) in [6.07, 6.45) is 8.98. The monoisotopic (exact) mass is 370 g/mol. The van der Waals surface area contributed by atoms with Crippen LogP contribution in [0.2, 0.25) is 0 Å². The fraction of sp³-hybridized carbons (Fsp3) is 0.824. The zero-order valence-electron chi connectivity index (χ0n) is 14.1. The van der Waals surface area contributed by atoms with Crippen molar-refractivity contribution in [2.45, 2.75) is 75.0 Å². The first-order valence-electron chi connectivity index (χ1n) is 8.80. The number of rotatable bonds is 8. The Labute approximate surface area is 152 Å². The van der Waals surface area contributed by atoms with E-state index in [9.17, 15) is 14.9 Å². The van der Waals surface area contributed by atoms with Gasteiger partial charge in [-0.2, -0.15) is 5.26 Å². The SMILES string of the molecule is N#CC1(NC(=O)COC(=O)CCCC[C@@H]2CCSS2)CCCCC1.